The summed E-state index contributed by atoms with van der Waals surface area (Å²) in [5.74, 6) is 0.979. The summed E-state index contributed by atoms with van der Waals surface area (Å²) in [4.78, 5) is 11.3. The van der Waals surface area contributed by atoms with Crippen LogP contribution in [0.2, 0.25) is 0 Å². The van der Waals surface area contributed by atoms with Crippen molar-refractivity contribution in [3.05, 3.63) is 0 Å². The van der Waals surface area contributed by atoms with Crippen LogP contribution in [0.5, 0.6) is 0 Å². The van der Waals surface area contributed by atoms with Gasteiger partial charge in [0.1, 0.15) is 5.60 Å². The third kappa shape index (κ3) is 1.00. The third-order valence-corrected chi connectivity index (χ3v) is 3.15. The number of ether oxygens (including phenoxy) is 1. The van der Waals surface area contributed by atoms with Gasteiger partial charge in [-0.1, -0.05) is 0 Å². The molecule has 0 radical (unpaired) electrons. The van der Waals surface area contributed by atoms with E-state index < -0.39 is 0 Å². The van der Waals surface area contributed by atoms with Crippen molar-refractivity contribution in [2.75, 3.05) is 6.61 Å². The van der Waals surface area contributed by atoms with Gasteiger partial charge in [-0.3, -0.25) is 4.79 Å². The first kappa shape index (κ1) is 7.29. The first-order valence-electron chi connectivity index (χ1n) is 4.38. The maximum atomic E-state index is 11.3. The number of rotatable bonds is 1. The van der Waals surface area contributed by atoms with E-state index in [1.54, 1.807) is 6.92 Å². The topological polar surface area (TPSA) is 26.3 Å². The lowest BCUT2D eigenvalue weighted by molar-refractivity contribution is -0.168. The Labute approximate surface area is 66.9 Å². The van der Waals surface area contributed by atoms with Gasteiger partial charge in [-0.2, -0.15) is 0 Å². The Balaban J connectivity index is 2.18. The van der Waals surface area contributed by atoms with Crippen molar-refractivity contribution in [2.45, 2.75) is 38.2 Å². The van der Waals surface area contributed by atoms with Gasteiger partial charge in [-0.25, -0.2) is 0 Å². The minimum atomic E-state index is -0.352. The van der Waals surface area contributed by atoms with E-state index in [0.29, 0.717) is 0 Å². The standard InChI is InChI=1S/C9H14O2/c1-7(10)9-4-2-8(3-5-9)6-11-9/h8H,2-6H2,1H3. The molecule has 2 aliphatic heterocycles. The monoisotopic (exact) mass is 154 g/mol. The summed E-state index contributed by atoms with van der Waals surface area (Å²) in [5.41, 5.74) is -0.352. The molecule has 0 N–H and O–H groups in total. The lowest BCUT2D eigenvalue weighted by Crippen LogP contribution is -2.49. The van der Waals surface area contributed by atoms with E-state index in [0.717, 1.165) is 25.4 Å². The summed E-state index contributed by atoms with van der Waals surface area (Å²) in [5, 5.41) is 0. The van der Waals surface area contributed by atoms with Crippen LogP contribution in [0.1, 0.15) is 32.6 Å². The second kappa shape index (κ2) is 2.31. The highest BCUT2D eigenvalue weighted by Crippen LogP contribution is 2.41. The fourth-order valence-corrected chi connectivity index (χ4v) is 2.19. The zero-order valence-electron chi connectivity index (χ0n) is 6.93. The Kier molecular flexibility index (Phi) is 1.53. The molecule has 11 heavy (non-hydrogen) atoms. The molecule has 2 heteroatoms. The quantitative estimate of drug-likeness (QED) is 0.572. The summed E-state index contributed by atoms with van der Waals surface area (Å²) < 4.78 is 5.58. The van der Waals surface area contributed by atoms with Gasteiger partial charge in [-0.15, -0.1) is 0 Å². The van der Waals surface area contributed by atoms with Crippen LogP contribution in [0.25, 0.3) is 0 Å². The molecule has 1 saturated carbocycles. The summed E-state index contributed by atoms with van der Waals surface area (Å²) >= 11 is 0. The fourth-order valence-electron chi connectivity index (χ4n) is 2.19. The number of hydrogen-bond acceptors (Lipinski definition) is 2. The largest absolute Gasteiger partial charge is 0.367 e. The Morgan fingerprint density at radius 2 is 2.09 bits per heavy atom. The molecule has 0 spiro atoms. The lowest BCUT2D eigenvalue weighted by atomic mass is 9.74. The van der Waals surface area contributed by atoms with Gasteiger partial charge in [0.05, 0.1) is 6.61 Å². The zero-order chi connectivity index (χ0) is 7.90. The number of ketones is 1. The number of carbonyl (C=O) groups excluding carboxylic acids is 1. The van der Waals surface area contributed by atoms with E-state index >= 15 is 0 Å². The molecule has 1 aliphatic carbocycles. The van der Waals surface area contributed by atoms with Crippen molar-refractivity contribution in [1.29, 1.82) is 0 Å². The van der Waals surface area contributed by atoms with Gasteiger partial charge in [0.15, 0.2) is 5.78 Å². The van der Waals surface area contributed by atoms with Crippen molar-refractivity contribution in [3.8, 4) is 0 Å². The van der Waals surface area contributed by atoms with Crippen molar-refractivity contribution in [1.82, 2.24) is 0 Å². The molecule has 3 fully saturated rings. The Morgan fingerprint density at radius 3 is 2.36 bits per heavy atom. The van der Waals surface area contributed by atoms with Gasteiger partial charge in [0, 0.05) is 0 Å². The molecule has 0 amide bonds. The molecule has 0 aromatic heterocycles. The van der Waals surface area contributed by atoms with Gasteiger partial charge in [-0.05, 0) is 38.5 Å². The average molecular weight is 154 g/mol. The Morgan fingerprint density at radius 1 is 1.45 bits per heavy atom. The minimum Gasteiger partial charge on any atom is -0.367 e. The van der Waals surface area contributed by atoms with Crippen LogP contribution < -0.4 is 0 Å². The third-order valence-electron chi connectivity index (χ3n) is 3.15. The highest BCUT2D eigenvalue weighted by Gasteiger charge is 2.44. The first-order chi connectivity index (χ1) is 5.23. The SMILES string of the molecule is CC(=O)C12CCC(CC1)CO2. The molecule has 0 unspecified atom stereocenters. The smallest absolute Gasteiger partial charge is 0.161 e. The van der Waals surface area contributed by atoms with Gasteiger partial charge in [0.2, 0.25) is 0 Å². The molecule has 3 aliphatic rings. The molecule has 0 atom stereocenters. The average Bonchev–Trinajstić information content (AvgIpc) is 2.08. The maximum absolute atomic E-state index is 11.3. The summed E-state index contributed by atoms with van der Waals surface area (Å²) in [6, 6.07) is 0. The molecular weight excluding hydrogens is 140 g/mol. The molecule has 3 rings (SSSR count). The second-order valence-corrected chi connectivity index (χ2v) is 3.80. The highest BCUT2D eigenvalue weighted by molar-refractivity contribution is 5.85. The van der Waals surface area contributed by atoms with Gasteiger partial charge in [0.25, 0.3) is 0 Å². The van der Waals surface area contributed by atoms with Crippen LogP contribution in [0.15, 0.2) is 0 Å². The van der Waals surface area contributed by atoms with E-state index in [-0.39, 0.29) is 11.4 Å². The predicted octanol–water partition coefficient (Wildman–Crippen LogP) is 1.53. The summed E-state index contributed by atoms with van der Waals surface area (Å²) in [6.45, 7) is 2.48. The molecular formula is C9H14O2. The predicted molar refractivity (Wildman–Crippen MR) is 41.3 cm³/mol. The van der Waals surface area contributed by atoms with E-state index in [1.165, 1.54) is 12.8 Å². The molecule has 0 aromatic rings. The molecule has 2 heterocycles. The van der Waals surface area contributed by atoms with Crippen LogP contribution in [0, 0.1) is 5.92 Å². The van der Waals surface area contributed by atoms with Crippen LogP contribution in [-0.2, 0) is 9.53 Å². The normalized spacial score (nSPS) is 42.5. The fraction of sp³-hybridized carbons (Fsp3) is 0.889. The van der Waals surface area contributed by atoms with Crippen LogP contribution in [0.3, 0.4) is 0 Å². The number of Topliss-reactive ketones (excluding diaryl/α,β-unsaturated/α-hetero) is 1. The van der Waals surface area contributed by atoms with Crippen LogP contribution >= 0.6 is 0 Å². The van der Waals surface area contributed by atoms with E-state index in [1.807, 2.05) is 0 Å². The molecule has 2 saturated heterocycles. The van der Waals surface area contributed by atoms with Crippen molar-refractivity contribution < 1.29 is 9.53 Å². The number of hydrogen-bond donors (Lipinski definition) is 0. The van der Waals surface area contributed by atoms with Crippen molar-refractivity contribution in [3.63, 3.8) is 0 Å². The van der Waals surface area contributed by atoms with Gasteiger partial charge < -0.3 is 4.74 Å². The zero-order valence-corrected chi connectivity index (χ0v) is 6.93. The summed E-state index contributed by atoms with van der Waals surface area (Å²) in [6.07, 6.45) is 4.32. The molecule has 2 bridgehead atoms. The van der Waals surface area contributed by atoms with Crippen molar-refractivity contribution in [2.24, 2.45) is 5.92 Å². The maximum Gasteiger partial charge on any atom is 0.161 e. The Bertz CT molecular complexity index is 164. The van der Waals surface area contributed by atoms with Crippen molar-refractivity contribution >= 4 is 5.78 Å². The Hall–Kier alpha value is -0.370. The van der Waals surface area contributed by atoms with Crippen LogP contribution in [0.4, 0.5) is 0 Å². The summed E-state index contributed by atoms with van der Waals surface area (Å²) in [7, 11) is 0. The van der Waals surface area contributed by atoms with E-state index in [2.05, 4.69) is 0 Å². The van der Waals surface area contributed by atoms with E-state index in [9.17, 15) is 4.79 Å². The van der Waals surface area contributed by atoms with E-state index in [4.69, 9.17) is 4.74 Å². The molecule has 0 aromatic carbocycles. The number of carbonyl (C=O) groups is 1. The molecule has 62 valence electrons. The van der Waals surface area contributed by atoms with Crippen LogP contribution in [-0.4, -0.2) is 18.0 Å². The second-order valence-electron chi connectivity index (χ2n) is 3.80. The molecule has 2 nitrogen and oxygen atoms in total. The minimum absolute atomic E-state index is 0.232. The van der Waals surface area contributed by atoms with Gasteiger partial charge >= 0.3 is 0 Å². The first-order valence-corrected chi connectivity index (χ1v) is 4.38. The lowest BCUT2D eigenvalue weighted by Gasteiger charge is -2.44. The number of fused-ring (bicyclic) bond motifs is 3. The highest BCUT2D eigenvalue weighted by atomic mass is 16.5.